The normalized spacial score (nSPS) is 12.8. The minimum atomic E-state index is -0.541. The van der Waals surface area contributed by atoms with Crippen molar-refractivity contribution in [3.63, 3.8) is 0 Å². The summed E-state index contributed by atoms with van der Waals surface area (Å²) >= 11 is 0. The van der Waals surface area contributed by atoms with Crippen molar-refractivity contribution in [3.05, 3.63) is 53.6 Å². The Balaban J connectivity index is 2.14. The van der Waals surface area contributed by atoms with Crippen LogP contribution in [0, 0.1) is 6.92 Å². The van der Waals surface area contributed by atoms with Crippen LogP contribution in [-0.2, 0) is 4.79 Å². The summed E-state index contributed by atoms with van der Waals surface area (Å²) in [5, 5.41) is 3.10. The van der Waals surface area contributed by atoms with E-state index in [9.17, 15) is 4.79 Å². The van der Waals surface area contributed by atoms with Crippen molar-refractivity contribution in [1.82, 2.24) is 5.32 Å². The van der Waals surface area contributed by atoms with Gasteiger partial charge in [-0.25, -0.2) is 0 Å². The number of carbonyl (C=O) groups excluding carboxylic acids is 1. The van der Waals surface area contributed by atoms with Gasteiger partial charge in [-0.15, -0.1) is 0 Å². The Morgan fingerprint density at radius 3 is 2.26 bits per heavy atom. The van der Waals surface area contributed by atoms with Crippen LogP contribution >= 0.6 is 0 Å². The molecule has 2 aromatic rings. The lowest BCUT2D eigenvalue weighted by molar-refractivity contribution is -0.129. The zero-order chi connectivity index (χ0) is 19.8. The molecule has 0 bridgehead atoms. The minimum absolute atomic E-state index is 0.123. The van der Waals surface area contributed by atoms with Gasteiger partial charge in [0.1, 0.15) is 5.75 Å². The lowest BCUT2D eigenvalue weighted by atomic mass is 10.0. The third-order valence-corrected chi connectivity index (χ3v) is 4.56. The number of carbonyl (C=O) groups is 1. The molecule has 5 heteroatoms. The van der Waals surface area contributed by atoms with Crippen LogP contribution in [0.3, 0.4) is 0 Å². The number of ether oxygens (including phenoxy) is 3. The van der Waals surface area contributed by atoms with E-state index in [1.165, 1.54) is 0 Å². The summed E-state index contributed by atoms with van der Waals surface area (Å²) < 4.78 is 16.6. The van der Waals surface area contributed by atoms with Gasteiger partial charge >= 0.3 is 0 Å². The number of nitrogens with one attached hydrogen (secondary N) is 1. The summed E-state index contributed by atoms with van der Waals surface area (Å²) in [6.07, 6.45) is 0.796. The van der Waals surface area contributed by atoms with Gasteiger partial charge in [-0.05, 0) is 49.1 Å². The number of para-hydroxylation sites is 1. The maximum atomic E-state index is 12.8. The molecule has 0 aliphatic heterocycles. The maximum absolute atomic E-state index is 12.8. The highest BCUT2D eigenvalue weighted by Gasteiger charge is 2.23. The molecule has 27 heavy (non-hydrogen) atoms. The van der Waals surface area contributed by atoms with Crippen molar-refractivity contribution in [2.24, 2.45) is 0 Å². The molecule has 0 saturated heterocycles. The van der Waals surface area contributed by atoms with E-state index in [4.69, 9.17) is 14.2 Å². The second kappa shape index (κ2) is 9.86. The molecule has 1 N–H and O–H groups in total. The van der Waals surface area contributed by atoms with Gasteiger partial charge in [0.2, 0.25) is 0 Å². The number of hydrogen-bond donors (Lipinski definition) is 1. The van der Waals surface area contributed by atoms with Gasteiger partial charge in [0.05, 0.1) is 20.3 Å². The van der Waals surface area contributed by atoms with Crippen LogP contribution in [0.2, 0.25) is 0 Å². The molecule has 0 aromatic heterocycles. The van der Waals surface area contributed by atoms with E-state index in [0.717, 1.165) is 23.3 Å². The van der Waals surface area contributed by atoms with Gasteiger partial charge in [-0.3, -0.25) is 4.79 Å². The van der Waals surface area contributed by atoms with Crippen LogP contribution in [0.15, 0.2) is 42.5 Å². The molecule has 2 aromatic carbocycles. The van der Waals surface area contributed by atoms with Crippen LogP contribution in [0.1, 0.15) is 43.9 Å². The van der Waals surface area contributed by atoms with Gasteiger partial charge in [0, 0.05) is 0 Å². The predicted molar refractivity (Wildman–Crippen MR) is 107 cm³/mol. The van der Waals surface area contributed by atoms with Crippen LogP contribution in [0.25, 0.3) is 0 Å². The Hall–Kier alpha value is -2.69. The fraction of sp³-hybridized carbons (Fsp3) is 0.409. The Bertz CT molecular complexity index is 760. The van der Waals surface area contributed by atoms with Crippen molar-refractivity contribution in [2.75, 3.05) is 14.2 Å². The molecule has 1 amide bonds. The van der Waals surface area contributed by atoms with Crippen LogP contribution in [0.4, 0.5) is 0 Å². The third kappa shape index (κ3) is 5.16. The van der Waals surface area contributed by atoms with Gasteiger partial charge in [-0.2, -0.15) is 0 Å². The largest absolute Gasteiger partial charge is 0.493 e. The average molecular weight is 371 g/mol. The molecule has 0 aliphatic rings. The highest BCUT2D eigenvalue weighted by atomic mass is 16.5. The molecule has 0 spiro atoms. The van der Waals surface area contributed by atoms with E-state index in [-0.39, 0.29) is 11.9 Å². The summed E-state index contributed by atoms with van der Waals surface area (Å²) in [6, 6.07) is 13.3. The quantitative estimate of drug-likeness (QED) is 0.708. The summed E-state index contributed by atoms with van der Waals surface area (Å²) in [5.74, 6) is 1.92. The molecule has 0 aliphatic carbocycles. The average Bonchev–Trinajstić information content (AvgIpc) is 2.70. The lowest BCUT2D eigenvalue weighted by Crippen LogP contribution is -2.40. The van der Waals surface area contributed by atoms with Crippen molar-refractivity contribution < 1.29 is 19.0 Å². The molecule has 2 rings (SSSR count). The highest BCUT2D eigenvalue weighted by Crippen LogP contribution is 2.31. The van der Waals surface area contributed by atoms with Gasteiger partial charge < -0.3 is 19.5 Å². The summed E-state index contributed by atoms with van der Waals surface area (Å²) in [5.41, 5.74) is 1.98. The van der Waals surface area contributed by atoms with E-state index in [0.29, 0.717) is 17.9 Å². The van der Waals surface area contributed by atoms with Crippen LogP contribution < -0.4 is 19.5 Å². The standard InChI is InChI=1S/C22H29NO4/c1-6-17(16-12-13-20(25-4)21(14-16)26-5)23-22(24)18(7-2)27-19-11-9-8-10-15(19)3/h8-14,17-18H,6-7H2,1-5H3,(H,23,24)/t17-,18+/m1/s1. The first-order valence-electron chi connectivity index (χ1n) is 9.28. The summed E-state index contributed by atoms with van der Waals surface area (Å²) in [6.45, 7) is 5.95. The van der Waals surface area contributed by atoms with Crippen LogP contribution in [0.5, 0.6) is 17.2 Å². The van der Waals surface area contributed by atoms with E-state index >= 15 is 0 Å². The predicted octanol–water partition coefficient (Wildman–Crippen LogP) is 4.44. The third-order valence-electron chi connectivity index (χ3n) is 4.56. The Labute approximate surface area is 161 Å². The molecule has 0 saturated carbocycles. The number of benzene rings is 2. The zero-order valence-electron chi connectivity index (χ0n) is 16.7. The number of hydrogen-bond acceptors (Lipinski definition) is 4. The second-order valence-electron chi connectivity index (χ2n) is 6.36. The van der Waals surface area contributed by atoms with E-state index in [1.54, 1.807) is 14.2 Å². The van der Waals surface area contributed by atoms with Gasteiger partial charge in [-0.1, -0.05) is 38.1 Å². The first-order valence-corrected chi connectivity index (χ1v) is 9.28. The fourth-order valence-corrected chi connectivity index (χ4v) is 2.92. The topological polar surface area (TPSA) is 56.8 Å². The number of rotatable bonds is 9. The highest BCUT2D eigenvalue weighted by molar-refractivity contribution is 5.81. The molecule has 0 fully saturated rings. The second-order valence-corrected chi connectivity index (χ2v) is 6.36. The molecule has 0 heterocycles. The van der Waals surface area contributed by atoms with Gasteiger partial charge in [0.15, 0.2) is 17.6 Å². The smallest absolute Gasteiger partial charge is 0.261 e. The molecule has 5 nitrogen and oxygen atoms in total. The fourth-order valence-electron chi connectivity index (χ4n) is 2.92. The van der Waals surface area contributed by atoms with E-state index in [1.807, 2.05) is 63.2 Å². The number of amides is 1. The zero-order valence-corrected chi connectivity index (χ0v) is 16.7. The van der Waals surface area contributed by atoms with Crippen molar-refractivity contribution >= 4 is 5.91 Å². The van der Waals surface area contributed by atoms with E-state index < -0.39 is 6.10 Å². The molecule has 0 unspecified atom stereocenters. The van der Waals surface area contributed by atoms with Crippen molar-refractivity contribution in [1.29, 1.82) is 0 Å². The molecular formula is C22H29NO4. The molecule has 146 valence electrons. The first kappa shape index (κ1) is 20.6. The van der Waals surface area contributed by atoms with Gasteiger partial charge in [0.25, 0.3) is 5.91 Å². The molecule has 0 radical (unpaired) electrons. The van der Waals surface area contributed by atoms with E-state index in [2.05, 4.69) is 5.32 Å². The Morgan fingerprint density at radius 2 is 1.67 bits per heavy atom. The lowest BCUT2D eigenvalue weighted by Gasteiger charge is -2.23. The minimum Gasteiger partial charge on any atom is -0.493 e. The molecular weight excluding hydrogens is 342 g/mol. The number of aryl methyl sites for hydroxylation is 1. The maximum Gasteiger partial charge on any atom is 0.261 e. The SMILES string of the molecule is CC[C@H](Oc1ccccc1C)C(=O)N[C@H](CC)c1ccc(OC)c(OC)c1. The summed E-state index contributed by atoms with van der Waals surface area (Å²) in [7, 11) is 3.20. The van der Waals surface area contributed by atoms with Crippen molar-refractivity contribution in [2.45, 2.75) is 45.8 Å². The Morgan fingerprint density at radius 1 is 0.963 bits per heavy atom. The monoisotopic (exact) mass is 371 g/mol. The van der Waals surface area contributed by atoms with Crippen molar-refractivity contribution in [3.8, 4) is 17.2 Å². The molecule has 2 atom stereocenters. The van der Waals surface area contributed by atoms with Crippen LogP contribution in [-0.4, -0.2) is 26.2 Å². The number of methoxy groups -OCH3 is 2. The first-order chi connectivity index (χ1) is 13.0. The summed E-state index contributed by atoms with van der Waals surface area (Å²) in [4.78, 5) is 12.8. The Kier molecular flexibility index (Phi) is 7.53.